The van der Waals surface area contributed by atoms with E-state index < -0.39 is 0 Å². The topological polar surface area (TPSA) is 39.2 Å². The van der Waals surface area contributed by atoms with Crippen molar-refractivity contribution in [3.63, 3.8) is 0 Å². The summed E-state index contributed by atoms with van der Waals surface area (Å²) < 4.78 is 12.6. The average Bonchev–Trinajstić information content (AvgIpc) is 3.27. The molecule has 3 aromatic heterocycles. The van der Waals surface area contributed by atoms with Gasteiger partial charge in [-0.15, -0.1) is 0 Å². The highest BCUT2D eigenvalue weighted by atomic mass is 16.3. The lowest BCUT2D eigenvalue weighted by molar-refractivity contribution is 0.663. The van der Waals surface area contributed by atoms with Crippen LogP contribution in [0, 0.1) is 13.8 Å². The first-order chi connectivity index (χ1) is 13.7. The molecule has 0 aliphatic rings. The fraction of sp³-hybridized carbons (Fsp3) is 0.0800. The van der Waals surface area contributed by atoms with Gasteiger partial charge in [-0.05, 0) is 49.2 Å². The lowest BCUT2D eigenvalue weighted by Crippen LogP contribution is -1.89. The first kappa shape index (κ1) is 15.5. The second kappa shape index (κ2) is 5.46. The predicted molar refractivity (Wildman–Crippen MR) is 114 cm³/mol. The summed E-state index contributed by atoms with van der Waals surface area (Å²) in [4.78, 5) is 4.69. The van der Waals surface area contributed by atoms with Gasteiger partial charge in [-0.3, -0.25) is 4.98 Å². The molecule has 0 aliphatic carbocycles. The molecule has 3 nitrogen and oxygen atoms in total. The number of fused-ring (bicyclic) bond motifs is 7. The van der Waals surface area contributed by atoms with Crippen molar-refractivity contribution in [2.75, 3.05) is 0 Å². The third-order valence-corrected chi connectivity index (χ3v) is 5.64. The van der Waals surface area contributed by atoms with Gasteiger partial charge in [0.15, 0.2) is 0 Å². The number of para-hydroxylation sites is 2. The molecule has 0 bridgehead atoms. The zero-order chi connectivity index (χ0) is 18.8. The third kappa shape index (κ3) is 2.01. The molecule has 6 rings (SSSR count). The van der Waals surface area contributed by atoms with E-state index in [4.69, 9.17) is 8.83 Å². The van der Waals surface area contributed by atoms with Gasteiger partial charge >= 0.3 is 0 Å². The van der Waals surface area contributed by atoms with Crippen molar-refractivity contribution in [1.29, 1.82) is 0 Å². The average molecular weight is 363 g/mol. The minimum atomic E-state index is 0.857. The van der Waals surface area contributed by atoms with E-state index in [1.165, 1.54) is 11.1 Å². The minimum absolute atomic E-state index is 0.857. The fourth-order valence-electron chi connectivity index (χ4n) is 4.07. The first-order valence-corrected chi connectivity index (χ1v) is 9.40. The van der Waals surface area contributed by atoms with Crippen LogP contribution in [0.15, 0.2) is 75.7 Å². The fourth-order valence-corrected chi connectivity index (χ4v) is 4.07. The zero-order valence-electron chi connectivity index (χ0n) is 15.6. The van der Waals surface area contributed by atoms with Gasteiger partial charge < -0.3 is 8.83 Å². The molecule has 0 spiro atoms. The van der Waals surface area contributed by atoms with E-state index in [1.54, 1.807) is 0 Å². The number of rotatable bonds is 1. The summed E-state index contributed by atoms with van der Waals surface area (Å²) in [6, 6.07) is 20.5. The van der Waals surface area contributed by atoms with E-state index in [0.717, 1.165) is 55.1 Å². The Labute approximate surface area is 161 Å². The molecule has 0 atom stereocenters. The van der Waals surface area contributed by atoms with Crippen LogP contribution in [0.4, 0.5) is 0 Å². The molecule has 3 heteroatoms. The van der Waals surface area contributed by atoms with Crippen molar-refractivity contribution in [1.82, 2.24) is 4.98 Å². The number of hydrogen-bond donors (Lipinski definition) is 0. The Hall–Kier alpha value is -3.59. The number of aromatic nitrogens is 1. The standard InChI is InChI=1S/C25H17NO2/c1-14-11-19(26-13-15(14)2)18-12-22-23(16-7-3-5-9-20(16)27-22)24-17-8-4-6-10-21(17)28-25(18)24/h3-13H,1-2H3. The number of benzene rings is 3. The van der Waals surface area contributed by atoms with Gasteiger partial charge in [0.05, 0.1) is 5.69 Å². The smallest absolute Gasteiger partial charge is 0.145 e. The summed E-state index contributed by atoms with van der Waals surface area (Å²) in [7, 11) is 0. The van der Waals surface area contributed by atoms with E-state index >= 15 is 0 Å². The molecular weight excluding hydrogens is 346 g/mol. The maximum Gasteiger partial charge on any atom is 0.145 e. The Morgan fingerprint density at radius 1 is 0.679 bits per heavy atom. The summed E-state index contributed by atoms with van der Waals surface area (Å²) in [5, 5.41) is 4.39. The molecule has 0 fully saturated rings. The number of hydrogen-bond acceptors (Lipinski definition) is 3. The van der Waals surface area contributed by atoms with E-state index in [-0.39, 0.29) is 0 Å². The number of aryl methyl sites for hydroxylation is 2. The molecule has 0 unspecified atom stereocenters. The van der Waals surface area contributed by atoms with Crippen molar-refractivity contribution in [3.8, 4) is 11.3 Å². The third-order valence-electron chi connectivity index (χ3n) is 5.64. The van der Waals surface area contributed by atoms with Crippen LogP contribution >= 0.6 is 0 Å². The second-order valence-corrected chi connectivity index (χ2v) is 7.35. The molecule has 6 aromatic rings. The van der Waals surface area contributed by atoms with Crippen LogP contribution in [0.5, 0.6) is 0 Å². The van der Waals surface area contributed by atoms with Crippen molar-refractivity contribution in [2.45, 2.75) is 13.8 Å². The van der Waals surface area contributed by atoms with Crippen LogP contribution in [0.1, 0.15) is 11.1 Å². The predicted octanol–water partition coefficient (Wildman–Crippen LogP) is 7.16. The van der Waals surface area contributed by atoms with Crippen LogP contribution in [-0.2, 0) is 0 Å². The highest BCUT2D eigenvalue weighted by Gasteiger charge is 2.20. The molecule has 3 heterocycles. The van der Waals surface area contributed by atoms with Crippen LogP contribution in [0.2, 0.25) is 0 Å². The lowest BCUT2D eigenvalue weighted by Gasteiger charge is -2.06. The Bertz CT molecular complexity index is 1530. The van der Waals surface area contributed by atoms with E-state index in [0.29, 0.717) is 0 Å². The maximum atomic E-state index is 6.35. The largest absolute Gasteiger partial charge is 0.456 e. The molecule has 3 aromatic carbocycles. The van der Waals surface area contributed by atoms with Gasteiger partial charge in [0.1, 0.15) is 22.3 Å². The lowest BCUT2D eigenvalue weighted by atomic mass is 9.99. The van der Waals surface area contributed by atoms with Gasteiger partial charge in [-0.2, -0.15) is 0 Å². The van der Waals surface area contributed by atoms with Crippen LogP contribution in [0.25, 0.3) is 55.1 Å². The second-order valence-electron chi connectivity index (χ2n) is 7.35. The van der Waals surface area contributed by atoms with Gasteiger partial charge in [0, 0.05) is 33.3 Å². The molecule has 0 aliphatic heterocycles. The molecular formula is C25H17NO2. The number of furan rings is 2. The van der Waals surface area contributed by atoms with Crippen LogP contribution in [0.3, 0.4) is 0 Å². The summed E-state index contributed by atoms with van der Waals surface area (Å²) in [6.07, 6.45) is 1.92. The van der Waals surface area contributed by atoms with E-state index in [9.17, 15) is 0 Å². The van der Waals surface area contributed by atoms with Crippen LogP contribution < -0.4 is 0 Å². The van der Waals surface area contributed by atoms with Crippen molar-refractivity contribution in [3.05, 3.63) is 78.0 Å². The van der Waals surface area contributed by atoms with Gasteiger partial charge in [-0.1, -0.05) is 36.4 Å². The van der Waals surface area contributed by atoms with Gasteiger partial charge in [-0.25, -0.2) is 0 Å². The van der Waals surface area contributed by atoms with Gasteiger partial charge in [0.2, 0.25) is 0 Å². The van der Waals surface area contributed by atoms with E-state index in [2.05, 4.69) is 43.1 Å². The summed E-state index contributed by atoms with van der Waals surface area (Å²) in [5.41, 5.74) is 7.71. The van der Waals surface area contributed by atoms with Gasteiger partial charge in [0.25, 0.3) is 0 Å². The molecule has 0 amide bonds. The number of pyridine rings is 1. The summed E-state index contributed by atoms with van der Waals surface area (Å²) in [6.45, 7) is 4.18. The number of nitrogens with zero attached hydrogens (tertiary/aromatic N) is 1. The maximum absolute atomic E-state index is 6.35. The first-order valence-electron chi connectivity index (χ1n) is 9.40. The zero-order valence-corrected chi connectivity index (χ0v) is 15.6. The Morgan fingerprint density at radius 2 is 1.36 bits per heavy atom. The van der Waals surface area contributed by atoms with Crippen molar-refractivity contribution < 1.29 is 8.83 Å². The Morgan fingerprint density at radius 3 is 2.11 bits per heavy atom. The molecule has 0 saturated carbocycles. The molecule has 0 radical (unpaired) electrons. The van der Waals surface area contributed by atoms with Crippen molar-refractivity contribution in [2.24, 2.45) is 0 Å². The highest BCUT2D eigenvalue weighted by molar-refractivity contribution is 6.28. The molecule has 0 saturated heterocycles. The molecule has 0 N–H and O–H groups in total. The normalized spacial score (nSPS) is 11.9. The van der Waals surface area contributed by atoms with E-state index in [1.807, 2.05) is 42.6 Å². The van der Waals surface area contributed by atoms with Crippen molar-refractivity contribution >= 4 is 43.9 Å². The Balaban J connectivity index is 1.87. The SMILES string of the molecule is Cc1cnc(-c2cc3oc4ccccc4c3c3c2oc2ccccc23)cc1C. The highest BCUT2D eigenvalue weighted by Crippen LogP contribution is 2.44. The quantitative estimate of drug-likeness (QED) is 0.311. The van der Waals surface area contributed by atoms with Crippen LogP contribution in [-0.4, -0.2) is 4.98 Å². The summed E-state index contributed by atoms with van der Waals surface area (Å²) in [5.74, 6) is 0. The minimum Gasteiger partial charge on any atom is -0.456 e. The Kier molecular flexibility index (Phi) is 3.01. The molecule has 134 valence electrons. The monoisotopic (exact) mass is 363 g/mol. The molecule has 28 heavy (non-hydrogen) atoms. The summed E-state index contributed by atoms with van der Waals surface area (Å²) >= 11 is 0.